The van der Waals surface area contributed by atoms with Gasteiger partial charge in [0.25, 0.3) is 0 Å². The molecular formula is C25H18S. The second-order valence-electron chi connectivity index (χ2n) is 7.27. The molecule has 4 aromatic rings. The zero-order valence-electron chi connectivity index (χ0n) is 14.5. The Kier molecular flexibility index (Phi) is 3.03. The molecule has 0 saturated heterocycles. The first-order chi connectivity index (χ1) is 12.9. The minimum atomic E-state index is 1.09. The van der Waals surface area contributed by atoms with Gasteiger partial charge in [0, 0.05) is 15.1 Å². The van der Waals surface area contributed by atoms with Gasteiger partial charge in [0.15, 0.2) is 0 Å². The summed E-state index contributed by atoms with van der Waals surface area (Å²) in [7, 11) is 0. The SMILES string of the molecule is C1=Cc2ccc3c(c2C1)-c1ccc2cc(CCc4ccccc4)sc2c1-3. The molecule has 0 N–H and O–H groups in total. The Balaban J connectivity index is 1.39. The Morgan fingerprint density at radius 1 is 0.808 bits per heavy atom. The lowest BCUT2D eigenvalue weighted by Gasteiger charge is -2.27. The van der Waals surface area contributed by atoms with E-state index < -0.39 is 0 Å². The number of hydrogen-bond acceptors (Lipinski definition) is 1. The van der Waals surface area contributed by atoms with E-state index in [9.17, 15) is 0 Å². The lowest BCUT2D eigenvalue weighted by Crippen LogP contribution is -2.03. The molecule has 2 aliphatic carbocycles. The lowest BCUT2D eigenvalue weighted by molar-refractivity contribution is 0.982. The Labute approximate surface area is 157 Å². The minimum absolute atomic E-state index is 1.09. The number of allylic oxidation sites excluding steroid dienone is 1. The molecule has 0 saturated carbocycles. The summed E-state index contributed by atoms with van der Waals surface area (Å²) in [5.74, 6) is 0. The van der Waals surface area contributed by atoms with Crippen LogP contribution in [-0.2, 0) is 19.3 Å². The van der Waals surface area contributed by atoms with Crippen molar-refractivity contribution in [2.24, 2.45) is 0 Å². The van der Waals surface area contributed by atoms with E-state index in [-0.39, 0.29) is 0 Å². The highest BCUT2D eigenvalue weighted by molar-refractivity contribution is 7.19. The molecule has 1 aromatic heterocycles. The Morgan fingerprint density at radius 3 is 2.58 bits per heavy atom. The van der Waals surface area contributed by atoms with Crippen LogP contribution in [0.15, 0.2) is 66.7 Å². The molecule has 0 unspecified atom stereocenters. The third kappa shape index (κ3) is 2.01. The highest BCUT2D eigenvalue weighted by Crippen LogP contribution is 2.55. The molecule has 0 amide bonds. The fraction of sp³-hybridized carbons (Fsp3) is 0.120. The lowest BCUT2D eigenvalue weighted by atomic mass is 9.76. The van der Waals surface area contributed by atoms with Crippen LogP contribution in [0.2, 0.25) is 0 Å². The van der Waals surface area contributed by atoms with Crippen molar-refractivity contribution in [1.29, 1.82) is 0 Å². The summed E-state index contributed by atoms with van der Waals surface area (Å²) in [6.45, 7) is 0. The van der Waals surface area contributed by atoms with Crippen molar-refractivity contribution in [3.63, 3.8) is 0 Å². The first-order valence-corrected chi connectivity index (χ1v) is 10.1. The van der Waals surface area contributed by atoms with Crippen LogP contribution in [0, 0.1) is 0 Å². The van der Waals surface area contributed by atoms with Crippen molar-refractivity contribution < 1.29 is 0 Å². The van der Waals surface area contributed by atoms with Crippen LogP contribution in [0.25, 0.3) is 38.4 Å². The van der Waals surface area contributed by atoms with Crippen molar-refractivity contribution in [2.75, 3.05) is 0 Å². The van der Waals surface area contributed by atoms with Crippen LogP contribution in [0.1, 0.15) is 21.6 Å². The van der Waals surface area contributed by atoms with Crippen LogP contribution < -0.4 is 0 Å². The first-order valence-electron chi connectivity index (χ1n) is 9.31. The highest BCUT2D eigenvalue weighted by Gasteiger charge is 2.29. The largest absolute Gasteiger partial charge is 0.140 e. The fourth-order valence-electron chi connectivity index (χ4n) is 4.46. The van der Waals surface area contributed by atoms with E-state index in [2.05, 4.69) is 72.8 Å². The molecule has 6 rings (SSSR count). The summed E-state index contributed by atoms with van der Waals surface area (Å²) < 4.78 is 1.48. The minimum Gasteiger partial charge on any atom is -0.140 e. The van der Waals surface area contributed by atoms with Gasteiger partial charge in [-0.1, -0.05) is 66.7 Å². The average Bonchev–Trinajstić information content (AvgIpc) is 3.28. The number of thiophene rings is 1. The summed E-state index contributed by atoms with van der Waals surface area (Å²) in [5, 5.41) is 1.40. The van der Waals surface area contributed by atoms with Gasteiger partial charge < -0.3 is 0 Å². The van der Waals surface area contributed by atoms with Gasteiger partial charge in [-0.2, -0.15) is 0 Å². The summed E-state index contributed by atoms with van der Waals surface area (Å²) in [5.41, 5.74) is 10.3. The number of rotatable bonds is 3. The summed E-state index contributed by atoms with van der Waals surface area (Å²) in [6, 6.07) is 22.5. The predicted octanol–water partition coefficient (Wildman–Crippen LogP) is 6.90. The molecule has 124 valence electrons. The summed E-state index contributed by atoms with van der Waals surface area (Å²) in [4.78, 5) is 1.49. The molecule has 0 atom stereocenters. The van der Waals surface area contributed by atoms with Gasteiger partial charge in [0.1, 0.15) is 0 Å². The zero-order valence-corrected chi connectivity index (χ0v) is 15.3. The van der Waals surface area contributed by atoms with Crippen molar-refractivity contribution in [3.8, 4) is 22.3 Å². The van der Waals surface area contributed by atoms with Crippen molar-refractivity contribution in [3.05, 3.63) is 88.3 Å². The van der Waals surface area contributed by atoms with Crippen molar-refractivity contribution in [1.82, 2.24) is 0 Å². The standard InChI is InChI=1S/C25H18S/c1-2-5-16(6-3-1)9-12-19-15-18-11-14-22-23-20-8-4-7-17(20)10-13-21(23)24(22)25(18)26-19/h1-7,10-11,13-15H,8-9,12H2. The van der Waals surface area contributed by atoms with Crippen LogP contribution in [0.4, 0.5) is 0 Å². The number of aryl methyl sites for hydroxylation is 2. The molecule has 1 heterocycles. The van der Waals surface area contributed by atoms with Gasteiger partial charge in [-0.25, -0.2) is 0 Å². The molecular weight excluding hydrogens is 332 g/mol. The molecule has 26 heavy (non-hydrogen) atoms. The zero-order chi connectivity index (χ0) is 17.1. The average molecular weight is 350 g/mol. The molecule has 2 aliphatic rings. The second-order valence-corrected chi connectivity index (χ2v) is 8.40. The van der Waals surface area contributed by atoms with Crippen molar-refractivity contribution in [2.45, 2.75) is 19.3 Å². The van der Waals surface area contributed by atoms with E-state index in [1.54, 1.807) is 0 Å². The van der Waals surface area contributed by atoms with Gasteiger partial charge in [0.05, 0.1) is 0 Å². The van der Waals surface area contributed by atoms with Crippen LogP contribution in [0.3, 0.4) is 0 Å². The maximum Gasteiger partial charge on any atom is 0.0430 e. The molecule has 0 aliphatic heterocycles. The van der Waals surface area contributed by atoms with E-state index in [1.165, 1.54) is 53.9 Å². The monoisotopic (exact) mass is 350 g/mol. The van der Waals surface area contributed by atoms with E-state index >= 15 is 0 Å². The highest BCUT2D eigenvalue weighted by atomic mass is 32.1. The van der Waals surface area contributed by atoms with E-state index in [0.29, 0.717) is 0 Å². The Bertz CT molecular complexity index is 1190. The topological polar surface area (TPSA) is 0 Å². The normalized spacial score (nSPS) is 13.4. The fourth-order valence-corrected chi connectivity index (χ4v) is 5.68. The Hall–Kier alpha value is -2.64. The molecule has 1 heteroatoms. The maximum absolute atomic E-state index is 2.40. The maximum atomic E-state index is 2.40. The molecule has 0 fully saturated rings. The van der Waals surface area contributed by atoms with Gasteiger partial charge in [0.2, 0.25) is 0 Å². The quantitative estimate of drug-likeness (QED) is 0.332. The van der Waals surface area contributed by atoms with Crippen LogP contribution in [-0.4, -0.2) is 0 Å². The van der Waals surface area contributed by atoms with Crippen LogP contribution >= 0.6 is 11.3 Å². The molecule has 0 nitrogen and oxygen atoms in total. The molecule has 0 bridgehead atoms. The van der Waals surface area contributed by atoms with E-state index in [1.807, 2.05) is 11.3 Å². The van der Waals surface area contributed by atoms with Gasteiger partial charge in [-0.3, -0.25) is 0 Å². The number of fused-ring (bicyclic) bond motifs is 8. The number of hydrogen-bond donors (Lipinski definition) is 0. The van der Waals surface area contributed by atoms with Crippen molar-refractivity contribution >= 4 is 27.5 Å². The molecule has 3 aromatic carbocycles. The summed E-state index contributed by atoms with van der Waals surface area (Å²) in [6.07, 6.45) is 7.88. The molecule has 0 radical (unpaired) electrons. The first kappa shape index (κ1) is 14.5. The van der Waals surface area contributed by atoms with Gasteiger partial charge in [-0.05, 0) is 64.1 Å². The third-order valence-electron chi connectivity index (χ3n) is 5.75. The summed E-state index contributed by atoms with van der Waals surface area (Å²) >= 11 is 1.99. The second kappa shape index (κ2) is 5.43. The van der Waals surface area contributed by atoms with E-state index in [4.69, 9.17) is 0 Å². The van der Waals surface area contributed by atoms with Crippen LogP contribution in [0.5, 0.6) is 0 Å². The number of benzene rings is 3. The third-order valence-corrected chi connectivity index (χ3v) is 6.98. The smallest absolute Gasteiger partial charge is 0.0430 e. The molecule has 0 spiro atoms. The van der Waals surface area contributed by atoms with Gasteiger partial charge >= 0.3 is 0 Å². The van der Waals surface area contributed by atoms with E-state index in [0.717, 1.165) is 19.3 Å². The van der Waals surface area contributed by atoms with Gasteiger partial charge in [-0.15, -0.1) is 11.3 Å². The Morgan fingerprint density at radius 2 is 1.65 bits per heavy atom. The predicted molar refractivity (Wildman–Crippen MR) is 113 cm³/mol.